The third-order valence-electron chi connectivity index (χ3n) is 1.63. The molecule has 1 rings (SSSR count). The van der Waals surface area contributed by atoms with Crippen LogP contribution in [0.2, 0.25) is 0 Å². The Bertz CT molecular complexity index is 395. The Kier molecular flexibility index (Phi) is 3.03. The molecule has 1 aromatic rings. The van der Waals surface area contributed by atoms with E-state index in [0.29, 0.717) is 16.8 Å². The summed E-state index contributed by atoms with van der Waals surface area (Å²) in [4.78, 5) is 15.6. The molecule has 0 saturated heterocycles. The zero-order valence-electron chi connectivity index (χ0n) is 7.67. The van der Waals surface area contributed by atoms with Crippen molar-refractivity contribution < 1.29 is 0 Å². The summed E-state index contributed by atoms with van der Waals surface area (Å²) >= 11 is 3.14. The van der Waals surface area contributed by atoms with Crippen molar-refractivity contribution in [3.05, 3.63) is 39.0 Å². The summed E-state index contributed by atoms with van der Waals surface area (Å²) in [7, 11) is 0. The van der Waals surface area contributed by atoms with E-state index in [1.54, 1.807) is 11.5 Å². The summed E-state index contributed by atoms with van der Waals surface area (Å²) in [6.45, 7) is 7.97. The van der Waals surface area contributed by atoms with Gasteiger partial charge in [-0.15, -0.1) is 0 Å². The highest BCUT2D eigenvalue weighted by Crippen LogP contribution is 2.03. The second-order valence-corrected chi connectivity index (χ2v) is 3.86. The Morgan fingerprint density at radius 3 is 2.92 bits per heavy atom. The first-order valence-corrected chi connectivity index (χ1v) is 4.68. The van der Waals surface area contributed by atoms with Gasteiger partial charge in [-0.3, -0.25) is 9.36 Å². The first-order chi connectivity index (χ1) is 6.02. The van der Waals surface area contributed by atoms with Gasteiger partial charge in [0.2, 0.25) is 0 Å². The number of aryl methyl sites for hydroxylation is 1. The number of aromatic nitrogens is 2. The molecule has 0 bridgehead atoms. The zero-order chi connectivity index (χ0) is 10.0. The average Bonchev–Trinajstić information content (AvgIpc) is 2.05. The molecule has 1 heterocycles. The number of hydrogen-bond donors (Lipinski definition) is 0. The van der Waals surface area contributed by atoms with Gasteiger partial charge in [-0.05, 0) is 29.8 Å². The van der Waals surface area contributed by atoms with Gasteiger partial charge in [-0.2, -0.15) is 0 Å². The summed E-state index contributed by atoms with van der Waals surface area (Å²) in [5, 5.41) is 0. The van der Waals surface area contributed by atoms with Gasteiger partial charge in [0.25, 0.3) is 5.56 Å². The van der Waals surface area contributed by atoms with Crippen molar-refractivity contribution in [1.29, 1.82) is 0 Å². The maximum absolute atomic E-state index is 11.6. The molecule has 0 radical (unpaired) electrons. The van der Waals surface area contributed by atoms with Crippen LogP contribution in [0, 0.1) is 6.92 Å². The minimum Gasteiger partial charge on any atom is -0.292 e. The van der Waals surface area contributed by atoms with Crippen LogP contribution in [-0.2, 0) is 6.54 Å². The van der Waals surface area contributed by atoms with Crippen molar-refractivity contribution in [3.63, 3.8) is 0 Å². The molecular weight excluding hydrogens is 232 g/mol. The molecule has 0 aliphatic heterocycles. The van der Waals surface area contributed by atoms with Crippen molar-refractivity contribution in [2.75, 3.05) is 0 Å². The molecule has 0 unspecified atom stereocenters. The zero-order valence-corrected chi connectivity index (χ0v) is 9.26. The molecule has 0 fully saturated rings. The van der Waals surface area contributed by atoms with Gasteiger partial charge in [0.1, 0.15) is 10.3 Å². The highest BCUT2D eigenvalue weighted by molar-refractivity contribution is 9.10. The Hall–Kier alpha value is -0.900. The number of allylic oxidation sites excluding steroid dienone is 1. The molecule has 4 heteroatoms. The smallest absolute Gasteiger partial charge is 0.268 e. The van der Waals surface area contributed by atoms with E-state index >= 15 is 0 Å². The Morgan fingerprint density at radius 1 is 1.77 bits per heavy atom. The van der Waals surface area contributed by atoms with Crippen LogP contribution in [0.25, 0.3) is 0 Å². The Labute approximate surface area is 85.2 Å². The molecule has 0 aliphatic carbocycles. The minimum absolute atomic E-state index is 0.0597. The molecule has 0 atom stereocenters. The molecule has 3 nitrogen and oxygen atoms in total. The fraction of sp³-hybridized carbons (Fsp3) is 0.333. The minimum atomic E-state index is -0.0597. The SMILES string of the molecule is C=C(C)Cn1c(C)ncc(Br)c1=O. The lowest BCUT2D eigenvalue weighted by Crippen LogP contribution is -2.24. The van der Waals surface area contributed by atoms with Gasteiger partial charge in [0.05, 0.1) is 0 Å². The molecule has 1 aromatic heterocycles. The second kappa shape index (κ2) is 3.87. The quantitative estimate of drug-likeness (QED) is 0.743. The van der Waals surface area contributed by atoms with Crippen LogP contribution in [0.5, 0.6) is 0 Å². The second-order valence-electron chi connectivity index (χ2n) is 3.00. The van der Waals surface area contributed by atoms with Gasteiger partial charge in [0.15, 0.2) is 0 Å². The fourth-order valence-electron chi connectivity index (χ4n) is 1.01. The van der Waals surface area contributed by atoms with Crippen molar-refractivity contribution >= 4 is 15.9 Å². The number of rotatable bonds is 2. The summed E-state index contributed by atoms with van der Waals surface area (Å²) in [5.41, 5.74) is 0.876. The standard InChI is InChI=1S/C9H11BrN2O/c1-6(2)5-12-7(3)11-4-8(10)9(12)13/h4H,1,5H2,2-3H3. The highest BCUT2D eigenvalue weighted by Gasteiger charge is 2.04. The van der Waals surface area contributed by atoms with Gasteiger partial charge in [0, 0.05) is 12.7 Å². The van der Waals surface area contributed by atoms with E-state index in [9.17, 15) is 4.79 Å². The van der Waals surface area contributed by atoms with Crippen molar-refractivity contribution in [3.8, 4) is 0 Å². The van der Waals surface area contributed by atoms with Gasteiger partial charge >= 0.3 is 0 Å². The summed E-state index contributed by atoms with van der Waals surface area (Å²) in [5.74, 6) is 0.705. The normalized spacial score (nSPS) is 10.1. The predicted molar refractivity (Wildman–Crippen MR) is 55.7 cm³/mol. The molecule has 0 aromatic carbocycles. The van der Waals surface area contributed by atoms with Crippen LogP contribution >= 0.6 is 15.9 Å². The van der Waals surface area contributed by atoms with E-state index in [1.165, 1.54) is 6.20 Å². The fourth-order valence-corrected chi connectivity index (χ4v) is 1.32. The van der Waals surface area contributed by atoms with E-state index < -0.39 is 0 Å². The first-order valence-electron chi connectivity index (χ1n) is 3.88. The van der Waals surface area contributed by atoms with Gasteiger partial charge < -0.3 is 0 Å². The molecule has 13 heavy (non-hydrogen) atoms. The van der Waals surface area contributed by atoms with E-state index in [4.69, 9.17) is 0 Å². The van der Waals surface area contributed by atoms with Crippen LogP contribution < -0.4 is 5.56 Å². The summed E-state index contributed by atoms with van der Waals surface area (Å²) < 4.78 is 2.08. The lowest BCUT2D eigenvalue weighted by molar-refractivity contribution is 0.688. The molecule has 0 amide bonds. The lowest BCUT2D eigenvalue weighted by atomic mass is 10.3. The van der Waals surface area contributed by atoms with Gasteiger partial charge in [-0.25, -0.2) is 4.98 Å². The summed E-state index contributed by atoms with van der Waals surface area (Å²) in [6, 6.07) is 0. The first kappa shape index (κ1) is 10.2. The van der Waals surface area contributed by atoms with Crippen LogP contribution in [0.1, 0.15) is 12.7 Å². The molecule has 0 saturated carbocycles. The predicted octanol–water partition coefficient (Wildman–Crippen LogP) is 1.89. The maximum atomic E-state index is 11.6. The topological polar surface area (TPSA) is 34.9 Å². The lowest BCUT2D eigenvalue weighted by Gasteiger charge is -2.08. The third-order valence-corrected chi connectivity index (χ3v) is 2.18. The van der Waals surface area contributed by atoms with Crippen molar-refractivity contribution in [1.82, 2.24) is 9.55 Å². The van der Waals surface area contributed by atoms with E-state index in [1.807, 2.05) is 6.92 Å². The Morgan fingerprint density at radius 2 is 2.38 bits per heavy atom. The van der Waals surface area contributed by atoms with Crippen LogP contribution in [0.15, 0.2) is 27.6 Å². The molecule has 0 spiro atoms. The molecule has 0 N–H and O–H groups in total. The number of hydrogen-bond acceptors (Lipinski definition) is 2. The highest BCUT2D eigenvalue weighted by atomic mass is 79.9. The largest absolute Gasteiger partial charge is 0.292 e. The van der Waals surface area contributed by atoms with Crippen molar-refractivity contribution in [2.24, 2.45) is 0 Å². The monoisotopic (exact) mass is 242 g/mol. The number of halogens is 1. The van der Waals surface area contributed by atoms with Crippen LogP contribution in [-0.4, -0.2) is 9.55 Å². The average molecular weight is 243 g/mol. The van der Waals surface area contributed by atoms with Crippen LogP contribution in [0.3, 0.4) is 0 Å². The Balaban J connectivity index is 3.26. The number of nitrogens with zero attached hydrogens (tertiary/aromatic N) is 2. The molecule has 70 valence electrons. The van der Waals surface area contributed by atoms with Crippen LogP contribution in [0.4, 0.5) is 0 Å². The molecular formula is C9H11BrN2O. The van der Waals surface area contributed by atoms with E-state index in [2.05, 4.69) is 27.5 Å². The third kappa shape index (κ3) is 2.28. The van der Waals surface area contributed by atoms with E-state index in [0.717, 1.165) is 5.57 Å². The maximum Gasteiger partial charge on any atom is 0.268 e. The van der Waals surface area contributed by atoms with Gasteiger partial charge in [-0.1, -0.05) is 12.2 Å². The van der Waals surface area contributed by atoms with E-state index in [-0.39, 0.29) is 5.56 Å². The van der Waals surface area contributed by atoms with Crippen molar-refractivity contribution in [2.45, 2.75) is 20.4 Å². The molecule has 0 aliphatic rings. The summed E-state index contributed by atoms with van der Waals surface area (Å²) in [6.07, 6.45) is 1.52.